The second kappa shape index (κ2) is 6.36. The van der Waals surface area contributed by atoms with Gasteiger partial charge in [-0.2, -0.15) is 13.2 Å². The number of carbonyl (C=O) groups is 1. The molecule has 7 heteroatoms. The molecule has 1 fully saturated rings. The highest BCUT2D eigenvalue weighted by Gasteiger charge is 2.32. The SMILES string of the molecule is CN(CC1CCCO1)C(=O)c1cc(C(F)(F)F)ccc1Br. The summed E-state index contributed by atoms with van der Waals surface area (Å²) >= 11 is 3.13. The Labute approximate surface area is 129 Å². The summed E-state index contributed by atoms with van der Waals surface area (Å²) in [6.45, 7) is 1.04. The molecule has 0 spiro atoms. The molecule has 2 rings (SSSR count). The molecule has 1 aromatic carbocycles. The van der Waals surface area contributed by atoms with Gasteiger partial charge in [0, 0.05) is 24.7 Å². The minimum atomic E-state index is -4.47. The quantitative estimate of drug-likeness (QED) is 0.816. The molecule has 116 valence electrons. The van der Waals surface area contributed by atoms with E-state index in [1.807, 2.05) is 0 Å². The van der Waals surface area contributed by atoms with E-state index in [0.717, 1.165) is 25.0 Å². The van der Waals surface area contributed by atoms with Gasteiger partial charge in [0.2, 0.25) is 0 Å². The average Bonchev–Trinajstić information content (AvgIpc) is 2.90. The Hall–Kier alpha value is -1.08. The van der Waals surface area contributed by atoms with E-state index >= 15 is 0 Å². The lowest BCUT2D eigenvalue weighted by Crippen LogP contribution is -2.34. The smallest absolute Gasteiger partial charge is 0.376 e. The fraction of sp³-hybridized carbons (Fsp3) is 0.500. The number of hydrogen-bond donors (Lipinski definition) is 0. The molecule has 0 radical (unpaired) electrons. The van der Waals surface area contributed by atoms with E-state index in [2.05, 4.69) is 15.9 Å². The van der Waals surface area contributed by atoms with Gasteiger partial charge in [-0.05, 0) is 47.0 Å². The Morgan fingerprint density at radius 2 is 2.19 bits per heavy atom. The summed E-state index contributed by atoms with van der Waals surface area (Å²) in [4.78, 5) is 13.7. The molecule has 21 heavy (non-hydrogen) atoms. The summed E-state index contributed by atoms with van der Waals surface area (Å²) in [7, 11) is 1.57. The maximum absolute atomic E-state index is 12.7. The van der Waals surface area contributed by atoms with Crippen LogP contribution in [-0.2, 0) is 10.9 Å². The van der Waals surface area contributed by atoms with Crippen LogP contribution in [0, 0.1) is 0 Å². The number of hydrogen-bond acceptors (Lipinski definition) is 2. The van der Waals surface area contributed by atoms with Crippen LogP contribution in [0.2, 0.25) is 0 Å². The molecular weight excluding hydrogens is 351 g/mol. The van der Waals surface area contributed by atoms with E-state index in [4.69, 9.17) is 4.74 Å². The first-order valence-electron chi connectivity index (χ1n) is 6.53. The van der Waals surface area contributed by atoms with Crippen molar-refractivity contribution < 1.29 is 22.7 Å². The van der Waals surface area contributed by atoms with Crippen molar-refractivity contribution >= 4 is 21.8 Å². The zero-order chi connectivity index (χ0) is 15.6. The van der Waals surface area contributed by atoms with Crippen LogP contribution in [0.4, 0.5) is 13.2 Å². The summed E-state index contributed by atoms with van der Waals surface area (Å²) in [6, 6.07) is 3.06. The highest BCUT2D eigenvalue weighted by molar-refractivity contribution is 9.10. The third kappa shape index (κ3) is 3.97. The maximum Gasteiger partial charge on any atom is 0.416 e. The summed E-state index contributed by atoms with van der Waals surface area (Å²) in [6.07, 6.45) is -2.70. The molecule has 1 aromatic rings. The van der Waals surface area contributed by atoms with Crippen LogP contribution in [0.1, 0.15) is 28.8 Å². The van der Waals surface area contributed by atoms with Gasteiger partial charge >= 0.3 is 6.18 Å². The minimum Gasteiger partial charge on any atom is -0.376 e. The normalized spacial score (nSPS) is 18.8. The van der Waals surface area contributed by atoms with Gasteiger partial charge in [-0.3, -0.25) is 4.79 Å². The Kier molecular flexibility index (Phi) is 4.93. The number of alkyl halides is 3. The molecule has 1 unspecified atom stereocenters. The second-order valence-corrected chi connectivity index (χ2v) is 5.87. The van der Waals surface area contributed by atoms with Crippen molar-refractivity contribution in [3.8, 4) is 0 Å². The topological polar surface area (TPSA) is 29.5 Å². The summed E-state index contributed by atoms with van der Waals surface area (Å²) in [5.41, 5.74) is -0.829. The van der Waals surface area contributed by atoms with E-state index in [9.17, 15) is 18.0 Å². The van der Waals surface area contributed by atoms with Crippen LogP contribution >= 0.6 is 15.9 Å². The Morgan fingerprint density at radius 3 is 2.76 bits per heavy atom. The molecule has 1 atom stereocenters. The first kappa shape index (κ1) is 16.3. The number of nitrogens with zero attached hydrogens (tertiary/aromatic N) is 1. The fourth-order valence-electron chi connectivity index (χ4n) is 2.25. The number of halogens is 4. The molecule has 3 nitrogen and oxygen atoms in total. The van der Waals surface area contributed by atoms with Crippen molar-refractivity contribution in [1.29, 1.82) is 0 Å². The number of ether oxygens (including phenoxy) is 1. The lowest BCUT2D eigenvalue weighted by molar-refractivity contribution is -0.137. The van der Waals surface area contributed by atoms with E-state index in [1.165, 1.54) is 11.0 Å². The highest BCUT2D eigenvalue weighted by atomic mass is 79.9. The van der Waals surface area contributed by atoms with Crippen molar-refractivity contribution in [2.75, 3.05) is 20.2 Å². The molecule has 0 aliphatic carbocycles. The lowest BCUT2D eigenvalue weighted by atomic mass is 10.1. The van der Waals surface area contributed by atoms with E-state index in [-0.39, 0.29) is 11.7 Å². The molecule has 1 aliphatic rings. The average molecular weight is 366 g/mol. The van der Waals surface area contributed by atoms with Crippen molar-refractivity contribution in [2.24, 2.45) is 0 Å². The van der Waals surface area contributed by atoms with E-state index < -0.39 is 17.6 Å². The van der Waals surface area contributed by atoms with Gasteiger partial charge in [-0.25, -0.2) is 0 Å². The van der Waals surface area contributed by atoms with Crippen LogP contribution in [-0.4, -0.2) is 37.1 Å². The molecule has 1 aliphatic heterocycles. The van der Waals surface area contributed by atoms with Gasteiger partial charge < -0.3 is 9.64 Å². The van der Waals surface area contributed by atoms with Gasteiger partial charge in [-0.1, -0.05) is 0 Å². The van der Waals surface area contributed by atoms with Gasteiger partial charge in [0.15, 0.2) is 0 Å². The molecule has 0 N–H and O–H groups in total. The third-order valence-corrected chi connectivity index (χ3v) is 4.06. The van der Waals surface area contributed by atoms with Crippen LogP contribution in [0.25, 0.3) is 0 Å². The van der Waals surface area contributed by atoms with Crippen LogP contribution in [0.5, 0.6) is 0 Å². The monoisotopic (exact) mass is 365 g/mol. The van der Waals surface area contributed by atoms with Gasteiger partial charge in [0.1, 0.15) is 0 Å². The Bertz CT molecular complexity index is 527. The number of likely N-dealkylation sites (N-methyl/N-ethyl adjacent to an activating group) is 1. The first-order chi connectivity index (χ1) is 9.79. The number of carbonyl (C=O) groups excluding carboxylic acids is 1. The molecule has 0 aromatic heterocycles. The fourth-order valence-corrected chi connectivity index (χ4v) is 2.66. The molecular formula is C14H15BrF3NO2. The van der Waals surface area contributed by atoms with Gasteiger partial charge in [-0.15, -0.1) is 0 Å². The lowest BCUT2D eigenvalue weighted by Gasteiger charge is -2.22. The van der Waals surface area contributed by atoms with Gasteiger partial charge in [0.05, 0.1) is 17.2 Å². The molecule has 1 heterocycles. The maximum atomic E-state index is 12.7. The zero-order valence-electron chi connectivity index (χ0n) is 11.4. The number of rotatable bonds is 3. The predicted molar refractivity (Wildman–Crippen MR) is 75.1 cm³/mol. The zero-order valence-corrected chi connectivity index (χ0v) is 13.0. The minimum absolute atomic E-state index is 0.00493. The standard InChI is InChI=1S/C14H15BrF3NO2/c1-19(8-10-3-2-6-21-10)13(20)11-7-9(14(16,17)18)4-5-12(11)15/h4-5,7,10H,2-3,6,8H2,1H3. The van der Waals surface area contributed by atoms with E-state index in [0.29, 0.717) is 17.6 Å². The van der Waals surface area contributed by atoms with Crippen LogP contribution in [0.3, 0.4) is 0 Å². The van der Waals surface area contributed by atoms with Crippen molar-refractivity contribution in [2.45, 2.75) is 25.1 Å². The third-order valence-electron chi connectivity index (χ3n) is 3.37. The summed E-state index contributed by atoms with van der Waals surface area (Å²) in [5.74, 6) is -0.455. The van der Waals surface area contributed by atoms with Gasteiger partial charge in [0.25, 0.3) is 5.91 Å². The van der Waals surface area contributed by atoms with E-state index in [1.54, 1.807) is 7.05 Å². The van der Waals surface area contributed by atoms with Crippen molar-refractivity contribution in [3.63, 3.8) is 0 Å². The number of amides is 1. The molecule has 1 amide bonds. The second-order valence-electron chi connectivity index (χ2n) is 5.01. The van der Waals surface area contributed by atoms with Crippen molar-refractivity contribution in [1.82, 2.24) is 4.90 Å². The molecule has 1 saturated heterocycles. The Balaban J connectivity index is 2.17. The largest absolute Gasteiger partial charge is 0.416 e. The first-order valence-corrected chi connectivity index (χ1v) is 7.32. The van der Waals surface area contributed by atoms with Crippen LogP contribution < -0.4 is 0 Å². The van der Waals surface area contributed by atoms with Crippen molar-refractivity contribution in [3.05, 3.63) is 33.8 Å². The molecule has 0 saturated carbocycles. The molecule has 0 bridgehead atoms. The predicted octanol–water partition coefficient (Wildman–Crippen LogP) is 3.72. The Morgan fingerprint density at radius 1 is 1.48 bits per heavy atom. The number of benzene rings is 1. The summed E-state index contributed by atoms with van der Waals surface area (Å²) in [5, 5.41) is 0. The summed E-state index contributed by atoms with van der Waals surface area (Å²) < 4.78 is 44.0. The van der Waals surface area contributed by atoms with Crippen LogP contribution in [0.15, 0.2) is 22.7 Å². The highest BCUT2D eigenvalue weighted by Crippen LogP contribution is 2.32.